The fourth-order valence-corrected chi connectivity index (χ4v) is 2.32. The standard InChI is InChI=1S/C18H16N2O5/c1-11(21)13-3-2-4-14(8-13)20-18(23)17(22)19-9-12-5-6-15-16(7-12)25-10-24-15/h2-8H,9-10H2,1H3,(H,19,22)(H,20,23). The molecule has 3 rings (SSSR count). The molecule has 1 aliphatic heterocycles. The second-order valence-corrected chi connectivity index (χ2v) is 5.46. The molecule has 0 spiro atoms. The highest BCUT2D eigenvalue weighted by molar-refractivity contribution is 6.39. The maximum absolute atomic E-state index is 11.9. The predicted molar refractivity (Wildman–Crippen MR) is 89.5 cm³/mol. The zero-order valence-electron chi connectivity index (χ0n) is 13.5. The molecule has 0 saturated carbocycles. The number of amides is 2. The van der Waals surface area contributed by atoms with Crippen molar-refractivity contribution in [1.29, 1.82) is 0 Å². The van der Waals surface area contributed by atoms with Gasteiger partial charge in [0.2, 0.25) is 6.79 Å². The summed E-state index contributed by atoms with van der Waals surface area (Å²) in [4.78, 5) is 35.2. The maximum atomic E-state index is 11.9. The third-order valence-electron chi connectivity index (χ3n) is 3.62. The Morgan fingerprint density at radius 2 is 1.80 bits per heavy atom. The Kier molecular flexibility index (Phi) is 4.65. The normalized spacial score (nSPS) is 11.7. The van der Waals surface area contributed by atoms with Crippen molar-refractivity contribution in [2.75, 3.05) is 12.1 Å². The number of carbonyl (C=O) groups is 3. The Morgan fingerprint density at radius 3 is 2.60 bits per heavy atom. The summed E-state index contributed by atoms with van der Waals surface area (Å²) in [5.74, 6) is -0.439. The first kappa shape index (κ1) is 16.5. The van der Waals surface area contributed by atoms with Gasteiger partial charge < -0.3 is 20.1 Å². The molecule has 7 nitrogen and oxygen atoms in total. The number of hydrogen-bond donors (Lipinski definition) is 2. The lowest BCUT2D eigenvalue weighted by Gasteiger charge is -2.08. The van der Waals surface area contributed by atoms with Crippen LogP contribution in [0, 0.1) is 0 Å². The lowest BCUT2D eigenvalue weighted by molar-refractivity contribution is -0.136. The van der Waals surface area contributed by atoms with Crippen LogP contribution in [0.25, 0.3) is 0 Å². The van der Waals surface area contributed by atoms with Gasteiger partial charge in [0.05, 0.1) is 0 Å². The summed E-state index contributed by atoms with van der Waals surface area (Å²) in [5.41, 5.74) is 1.62. The van der Waals surface area contributed by atoms with Gasteiger partial charge in [-0.3, -0.25) is 14.4 Å². The van der Waals surface area contributed by atoms with Crippen molar-refractivity contribution in [2.45, 2.75) is 13.5 Å². The van der Waals surface area contributed by atoms with E-state index in [0.717, 1.165) is 5.56 Å². The molecule has 0 atom stereocenters. The summed E-state index contributed by atoms with van der Waals surface area (Å²) in [6, 6.07) is 11.7. The van der Waals surface area contributed by atoms with Crippen molar-refractivity contribution in [3.05, 3.63) is 53.6 Å². The molecule has 1 heterocycles. The fourth-order valence-electron chi connectivity index (χ4n) is 2.32. The van der Waals surface area contributed by atoms with Gasteiger partial charge in [-0.1, -0.05) is 18.2 Å². The molecule has 2 N–H and O–H groups in total. The predicted octanol–water partition coefficient (Wildman–Crippen LogP) is 1.87. The fraction of sp³-hybridized carbons (Fsp3) is 0.167. The second-order valence-electron chi connectivity index (χ2n) is 5.46. The van der Waals surface area contributed by atoms with Gasteiger partial charge >= 0.3 is 11.8 Å². The van der Waals surface area contributed by atoms with Crippen molar-refractivity contribution < 1.29 is 23.9 Å². The molecule has 7 heteroatoms. The monoisotopic (exact) mass is 340 g/mol. The summed E-state index contributed by atoms with van der Waals surface area (Å²) >= 11 is 0. The number of Topliss-reactive ketones (excluding diaryl/α,β-unsaturated/α-hetero) is 1. The molecular formula is C18H16N2O5. The number of ether oxygens (including phenoxy) is 2. The molecule has 0 aromatic heterocycles. The van der Waals surface area contributed by atoms with E-state index >= 15 is 0 Å². The number of nitrogens with one attached hydrogen (secondary N) is 2. The van der Waals surface area contributed by atoms with Crippen LogP contribution >= 0.6 is 0 Å². The van der Waals surface area contributed by atoms with E-state index in [4.69, 9.17) is 9.47 Å². The molecule has 0 radical (unpaired) electrons. The van der Waals surface area contributed by atoms with Crippen LogP contribution in [0.4, 0.5) is 5.69 Å². The summed E-state index contributed by atoms with van der Waals surface area (Å²) in [5, 5.41) is 5.00. The lowest BCUT2D eigenvalue weighted by Crippen LogP contribution is -2.34. The second kappa shape index (κ2) is 7.04. The van der Waals surface area contributed by atoms with Crippen molar-refractivity contribution in [3.8, 4) is 11.5 Å². The largest absolute Gasteiger partial charge is 0.454 e. The van der Waals surface area contributed by atoms with E-state index in [9.17, 15) is 14.4 Å². The average molecular weight is 340 g/mol. The first-order valence-corrected chi connectivity index (χ1v) is 7.61. The Bertz CT molecular complexity index is 847. The van der Waals surface area contributed by atoms with Gasteiger partial charge in [0, 0.05) is 17.8 Å². The molecule has 0 unspecified atom stereocenters. The van der Waals surface area contributed by atoms with Gasteiger partial charge in [0.1, 0.15) is 0 Å². The average Bonchev–Trinajstić information content (AvgIpc) is 3.07. The number of carbonyl (C=O) groups excluding carboxylic acids is 3. The Labute approximate surface area is 143 Å². The van der Waals surface area contributed by atoms with Crippen molar-refractivity contribution in [2.24, 2.45) is 0 Å². The van der Waals surface area contributed by atoms with Crippen LogP contribution in [-0.2, 0) is 16.1 Å². The summed E-state index contributed by atoms with van der Waals surface area (Å²) < 4.78 is 10.5. The minimum Gasteiger partial charge on any atom is -0.454 e. The number of fused-ring (bicyclic) bond motifs is 1. The summed E-state index contributed by atoms with van der Waals surface area (Å²) in [6.45, 7) is 1.78. The molecular weight excluding hydrogens is 324 g/mol. The topological polar surface area (TPSA) is 93.7 Å². The molecule has 2 aromatic rings. The molecule has 1 aliphatic rings. The van der Waals surface area contributed by atoms with Gasteiger partial charge in [-0.15, -0.1) is 0 Å². The number of ketones is 1. The third-order valence-corrected chi connectivity index (χ3v) is 3.62. The minimum atomic E-state index is -0.804. The zero-order valence-corrected chi connectivity index (χ0v) is 13.5. The van der Waals surface area contributed by atoms with Gasteiger partial charge in [-0.2, -0.15) is 0 Å². The van der Waals surface area contributed by atoms with E-state index in [1.54, 1.807) is 36.4 Å². The smallest absolute Gasteiger partial charge is 0.313 e. The van der Waals surface area contributed by atoms with E-state index in [-0.39, 0.29) is 19.1 Å². The van der Waals surface area contributed by atoms with Crippen LogP contribution in [0.1, 0.15) is 22.8 Å². The highest BCUT2D eigenvalue weighted by Crippen LogP contribution is 2.32. The van der Waals surface area contributed by atoms with Crippen molar-refractivity contribution in [3.63, 3.8) is 0 Å². The van der Waals surface area contributed by atoms with Crippen molar-refractivity contribution >= 4 is 23.3 Å². The van der Waals surface area contributed by atoms with E-state index in [1.807, 2.05) is 0 Å². The highest BCUT2D eigenvalue weighted by Gasteiger charge is 2.16. The number of benzene rings is 2. The molecule has 0 bridgehead atoms. The molecule has 0 fully saturated rings. The summed E-state index contributed by atoms with van der Waals surface area (Å²) in [7, 11) is 0. The van der Waals surface area contributed by atoms with E-state index in [0.29, 0.717) is 22.7 Å². The van der Waals surface area contributed by atoms with E-state index < -0.39 is 11.8 Å². The maximum Gasteiger partial charge on any atom is 0.313 e. The van der Waals surface area contributed by atoms with Crippen LogP contribution in [0.3, 0.4) is 0 Å². The van der Waals surface area contributed by atoms with Crippen LogP contribution < -0.4 is 20.1 Å². The Hall–Kier alpha value is -3.35. The molecule has 25 heavy (non-hydrogen) atoms. The number of anilines is 1. The van der Waals surface area contributed by atoms with Gasteiger partial charge in [0.15, 0.2) is 17.3 Å². The lowest BCUT2D eigenvalue weighted by atomic mass is 10.1. The molecule has 0 aliphatic carbocycles. The van der Waals surface area contributed by atoms with E-state index in [1.165, 1.54) is 13.0 Å². The Balaban J connectivity index is 1.57. The van der Waals surface area contributed by atoms with Crippen LogP contribution in [0.5, 0.6) is 11.5 Å². The third kappa shape index (κ3) is 3.95. The first-order valence-electron chi connectivity index (χ1n) is 7.61. The van der Waals surface area contributed by atoms with E-state index in [2.05, 4.69) is 10.6 Å². The number of hydrogen-bond acceptors (Lipinski definition) is 5. The minimum absolute atomic E-state index is 0.122. The molecule has 128 valence electrons. The van der Waals surface area contributed by atoms with Crippen LogP contribution in [-0.4, -0.2) is 24.4 Å². The highest BCUT2D eigenvalue weighted by atomic mass is 16.7. The van der Waals surface area contributed by atoms with Crippen LogP contribution in [0.15, 0.2) is 42.5 Å². The van der Waals surface area contributed by atoms with Crippen molar-refractivity contribution in [1.82, 2.24) is 5.32 Å². The zero-order chi connectivity index (χ0) is 17.8. The SMILES string of the molecule is CC(=O)c1cccc(NC(=O)C(=O)NCc2ccc3c(c2)OCO3)c1. The van der Waals surface area contributed by atoms with Gasteiger partial charge in [0.25, 0.3) is 0 Å². The van der Waals surface area contributed by atoms with Gasteiger partial charge in [-0.25, -0.2) is 0 Å². The van der Waals surface area contributed by atoms with Gasteiger partial charge in [-0.05, 0) is 36.8 Å². The van der Waals surface area contributed by atoms with Crippen LogP contribution in [0.2, 0.25) is 0 Å². The Morgan fingerprint density at radius 1 is 1.00 bits per heavy atom. The molecule has 0 saturated heterocycles. The summed E-state index contributed by atoms with van der Waals surface area (Å²) in [6.07, 6.45) is 0. The molecule has 2 amide bonds. The quantitative estimate of drug-likeness (QED) is 0.655. The number of rotatable bonds is 4. The first-order chi connectivity index (χ1) is 12.0. The molecule has 2 aromatic carbocycles.